The van der Waals surface area contributed by atoms with Crippen molar-refractivity contribution >= 4 is 17.7 Å². The molecular formula is C13H16N2OS. The van der Waals surface area contributed by atoms with Gasteiger partial charge in [0.15, 0.2) is 0 Å². The summed E-state index contributed by atoms with van der Waals surface area (Å²) < 4.78 is 0. The summed E-state index contributed by atoms with van der Waals surface area (Å²) in [7, 11) is 0. The Labute approximate surface area is 106 Å². The van der Waals surface area contributed by atoms with Gasteiger partial charge in [-0.3, -0.25) is 4.79 Å². The Hall–Kier alpha value is -1.47. The third-order valence-electron chi connectivity index (χ3n) is 2.08. The van der Waals surface area contributed by atoms with Gasteiger partial charge in [-0.15, -0.1) is 11.8 Å². The van der Waals surface area contributed by atoms with Gasteiger partial charge in [0, 0.05) is 11.8 Å². The van der Waals surface area contributed by atoms with E-state index in [0.717, 1.165) is 5.56 Å². The fraction of sp³-hybridized carbons (Fsp3) is 0.385. The summed E-state index contributed by atoms with van der Waals surface area (Å²) in [6.07, 6.45) is 0. The maximum atomic E-state index is 11.4. The molecule has 0 unspecified atom stereocenters. The SMILES string of the molecule is CC(C)NC(=O)CSCc1ccccc1C#N. The summed E-state index contributed by atoms with van der Waals surface area (Å²) in [5, 5.41) is 11.7. The molecule has 1 N–H and O–H groups in total. The highest BCUT2D eigenvalue weighted by molar-refractivity contribution is 7.99. The molecule has 0 fully saturated rings. The van der Waals surface area contributed by atoms with E-state index in [-0.39, 0.29) is 11.9 Å². The zero-order valence-electron chi connectivity index (χ0n) is 10.1. The number of carbonyl (C=O) groups is 1. The van der Waals surface area contributed by atoms with Crippen molar-refractivity contribution < 1.29 is 4.79 Å². The van der Waals surface area contributed by atoms with Gasteiger partial charge in [0.25, 0.3) is 0 Å². The van der Waals surface area contributed by atoms with Crippen LogP contribution in [-0.4, -0.2) is 17.7 Å². The first-order valence-electron chi connectivity index (χ1n) is 5.48. The number of benzene rings is 1. The summed E-state index contributed by atoms with van der Waals surface area (Å²) in [4.78, 5) is 11.4. The number of nitriles is 1. The Bertz CT molecular complexity index is 424. The maximum Gasteiger partial charge on any atom is 0.230 e. The van der Waals surface area contributed by atoms with Crippen molar-refractivity contribution in [2.45, 2.75) is 25.6 Å². The lowest BCUT2D eigenvalue weighted by Gasteiger charge is -2.08. The minimum atomic E-state index is 0.0411. The smallest absolute Gasteiger partial charge is 0.230 e. The van der Waals surface area contributed by atoms with Gasteiger partial charge in [0.2, 0.25) is 5.91 Å². The molecule has 0 saturated heterocycles. The van der Waals surface area contributed by atoms with Crippen LogP contribution in [0, 0.1) is 11.3 Å². The standard InChI is InChI=1S/C13H16N2OS/c1-10(2)15-13(16)9-17-8-12-6-4-3-5-11(12)7-14/h3-6,10H,8-9H2,1-2H3,(H,15,16). The molecule has 0 atom stereocenters. The third kappa shape index (κ3) is 4.92. The summed E-state index contributed by atoms with van der Waals surface area (Å²) in [6, 6.07) is 9.80. The molecule has 0 saturated carbocycles. The molecule has 1 aromatic rings. The lowest BCUT2D eigenvalue weighted by molar-refractivity contribution is -0.119. The molecule has 0 aliphatic heterocycles. The number of carbonyl (C=O) groups excluding carboxylic acids is 1. The highest BCUT2D eigenvalue weighted by atomic mass is 32.2. The molecule has 0 spiro atoms. The number of rotatable bonds is 5. The van der Waals surface area contributed by atoms with Gasteiger partial charge in [-0.1, -0.05) is 18.2 Å². The molecule has 1 aromatic carbocycles. The largest absolute Gasteiger partial charge is 0.353 e. The molecule has 3 nitrogen and oxygen atoms in total. The molecule has 17 heavy (non-hydrogen) atoms. The third-order valence-corrected chi connectivity index (χ3v) is 3.06. The Morgan fingerprint density at radius 1 is 1.47 bits per heavy atom. The van der Waals surface area contributed by atoms with Crippen molar-refractivity contribution in [3.05, 3.63) is 35.4 Å². The number of nitrogens with zero attached hydrogens (tertiary/aromatic N) is 1. The van der Waals surface area contributed by atoms with Crippen molar-refractivity contribution in [3.8, 4) is 6.07 Å². The second kappa shape index (κ2) is 6.97. The number of hydrogen-bond donors (Lipinski definition) is 1. The van der Waals surface area contributed by atoms with Gasteiger partial charge in [-0.2, -0.15) is 5.26 Å². The van der Waals surface area contributed by atoms with Crippen LogP contribution in [0.25, 0.3) is 0 Å². The first-order chi connectivity index (χ1) is 8.13. The van der Waals surface area contributed by atoms with E-state index in [0.29, 0.717) is 17.1 Å². The Kier molecular flexibility index (Phi) is 5.58. The van der Waals surface area contributed by atoms with E-state index < -0.39 is 0 Å². The van der Waals surface area contributed by atoms with Crippen molar-refractivity contribution in [2.75, 3.05) is 5.75 Å². The Balaban J connectivity index is 2.41. The number of thioether (sulfide) groups is 1. The normalized spacial score (nSPS) is 10.0. The first-order valence-corrected chi connectivity index (χ1v) is 6.64. The summed E-state index contributed by atoms with van der Waals surface area (Å²) in [5.74, 6) is 1.16. The predicted molar refractivity (Wildman–Crippen MR) is 70.6 cm³/mol. The van der Waals surface area contributed by atoms with E-state index in [1.54, 1.807) is 6.07 Å². The molecule has 0 heterocycles. The first kappa shape index (κ1) is 13.6. The maximum absolute atomic E-state index is 11.4. The molecule has 1 amide bonds. The van der Waals surface area contributed by atoms with Gasteiger partial charge >= 0.3 is 0 Å². The molecule has 1 rings (SSSR count). The van der Waals surface area contributed by atoms with Crippen molar-refractivity contribution in [3.63, 3.8) is 0 Å². The van der Waals surface area contributed by atoms with Crippen LogP contribution in [0.3, 0.4) is 0 Å². The van der Waals surface area contributed by atoms with E-state index in [1.807, 2.05) is 32.0 Å². The molecule has 90 valence electrons. The monoisotopic (exact) mass is 248 g/mol. The van der Waals surface area contributed by atoms with Crippen molar-refractivity contribution in [2.24, 2.45) is 0 Å². The van der Waals surface area contributed by atoms with Gasteiger partial charge < -0.3 is 5.32 Å². The minimum absolute atomic E-state index is 0.0411. The highest BCUT2D eigenvalue weighted by Gasteiger charge is 2.05. The molecule has 0 aliphatic carbocycles. The van der Waals surface area contributed by atoms with Crippen molar-refractivity contribution in [1.82, 2.24) is 5.32 Å². The highest BCUT2D eigenvalue weighted by Crippen LogP contribution is 2.15. The minimum Gasteiger partial charge on any atom is -0.353 e. The Morgan fingerprint density at radius 2 is 2.18 bits per heavy atom. The summed E-state index contributed by atoms with van der Waals surface area (Å²) >= 11 is 1.52. The second-order valence-corrected chi connectivity index (χ2v) is 4.97. The molecule has 0 aromatic heterocycles. The van der Waals surface area contributed by atoms with Crippen LogP contribution in [0.4, 0.5) is 0 Å². The average molecular weight is 248 g/mol. The van der Waals surface area contributed by atoms with Crippen LogP contribution in [0.1, 0.15) is 25.0 Å². The second-order valence-electron chi connectivity index (χ2n) is 3.98. The van der Waals surface area contributed by atoms with Gasteiger partial charge in [-0.05, 0) is 25.5 Å². The van der Waals surface area contributed by atoms with Crippen molar-refractivity contribution in [1.29, 1.82) is 5.26 Å². The van der Waals surface area contributed by atoms with Gasteiger partial charge in [-0.25, -0.2) is 0 Å². The molecule has 0 bridgehead atoms. The van der Waals surface area contributed by atoms with E-state index in [1.165, 1.54) is 11.8 Å². The molecule has 0 radical (unpaired) electrons. The lowest BCUT2D eigenvalue weighted by atomic mass is 10.1. The summed E-state index contributed by atoms with van der Waals surface area (Å²) in [6.45, 7) is 3.88. The van der Waals surface area contributed by atoms with Gasteiger partial charge in [0.1, 0.15) is 0 Å². The lowest BCUT2D eigenvalue weighted by Crippen LogP contribution is -2.31. The van der Waals surface area contributed by atoms with Crippen LogP contribution < -0.4 is 5.32 Å². The Morgan fingerprint density at radius 3 is 2.82 bits per heavy atom. The van der Waals surface area contributed by atoms with Crippen LogP contribution in [0.5, 0.6) is 0 Å². The summed E-state index contributed by atoms with van der Waals surface area (Å²) in [5.41, 5.74) is 1.67. The fourth-order valence-electron chi connectivity index (χ4n) is 1.37. The number of hydrogen-bond acceptors (Lipinski definition) is 3. The topological polar surface area (TPSA) is 52.9 Å². The molecular weight excluding hydrogens is 232 g/mol. The van der Waals surface area contributed by atoms with Crippen LogP contribution in [0.2, 0.25) is 0 Å². The predicted octanol–water partition coefficient (Wildman–Crippen LogP) is 2.32. The van der Waals surface area contributed by atoms with E-state index in [9.17, 15) is 4.79 Å². The van der Waals surface area contributed by atoms with Crippen LogP contribution >= 0.6 is 11.8 Å². The quantitative estimate of drug-likeness (QED) is 0.870. The van der Waals surface area contributed by atoms with E-state index >= 15 is 0 Å². The number of nitrogens with one attached hydrogen (secondary N) is 1. The number of amides is 1. The van der Waals surface area contributed by atoms with E-state index in [4.69, 9.17) is 5.26 Å². The van der Waals surface area contributed by atoms with Gasteiger partial charge in [0.05, 0.1) is 17.4 Å². The average Bonchev–Trinajstić information content (AvgIpc) is 2.28. The van der Waals surface area contributed by atoms with Crippen LogP contribution in [-0.2, 0) is 10.5 Å². The van der Waals surface area contributed by atoms with Crippen LogP contribution in [0.15, 0.2) is 24.3 Å². The fourth-order valence-corrected chi connectivity index (χ4v) is 2.22. The molecule has 0 aliphatic rings. The zero-order valence-corrected chi connectivity index (χ0v) is 10.9. The van der Waals surface area contributed by atoms with E-state index in [2.05, 4.69) is 11.4 Å². The zero-order chi connectivity index (χ0) is 12.7. The molecule has 4 heteroatoms.